The van der Waals surface area contributed by atoms with Gasteiger partial charge in [0, 0.05) is 46.8 Å². The molecule has 2 aromatic carbocycles. The van der Waals surface area contributed by atoms with E-state index < -0.39 is 5.97 Å². The van der Waals surface area contributed by atoms with E-state index in [0.29, 0.717) is 6.54 Å². The van der Waals surface area contributed by atoms with Crippen LogP contribution in [0.25, 0.3) is 22.2 Å². The number of aromatic amines is 1. The lowest BCUT2D eigenvalue weighted by molar-refractivity contribution is -0.135. The highest BCUT2D eigenvalue weighted by atomic mass is 35.5. The van der Waals surface area contributed by atoms with Gasteiger partial charge < -0.3 is 20.7 Å². The van der Waals surface area contributed by atoms with Crippen molar-refractivity contribution in [3.8, 4) is 11.3 Å². The fraction of sp³-hybridized carbons (Fsp3) is 0.211. The Labute approximate surface area is 150 Å². The lowest BCUT2D eigenvalue weighted by Gasteiger charge is -2.07. The molecule has 6 heteroatoms. The molecule has 2 heterocycles. The van der Waals surface area contributed by atoms with Gasteiger partial charge in [-0.15, -0.1) is 0 Å². The third-order valence-corrected chi connectivity index (χ3v) is 4.91. The second kappa shape index (κ2) is 6.52. The summed E-state index contributed by atoms with van der Waals surface area (Å²) in [7, 11) is 0. The first kappa shape index (κ1) is 16.1. The average Bonchev–Trinajstić information content (AvgIpc) is 3.21. The molecule has 0 amide bonds. The molecule has 25 heavy (non-hydrogen) atoms. The van der Waals surface area contributed by atoms with Crippen LogP contribution in [-0.4, -0.2) is 22.6 Å². The monoisotopic (exact) mass is 355 g/mol. The van der Waals surface area contributed by atoms with Crippen molar-refractivity contribution in [3.63, 3.8) is 0 Å². The van der Waals surface area contributed by atoms with Gasteiger partial charge in [-0.3, -0.25) is 4.79 Å². The first-order valence-electron chi connectivity index (χ1n) is 8.17. The molecule has 3 aromatic rings. The molecule has 0 aliphatic carbocycles. The summed E-state index contributed by atoms with van der Waals surface area (Å²) in [5, 5.41) is 16.9. The first-order valence-corrected chi connectivity index (χ1v) is 8.55. The summed E-state index contributed by atoms with van der Waals surface area (Å²) >= 11 is 6.30. The normalized spacial score (nSPS) is 13.3. The van der Waals surface area contributed by atoms with Gasteiger partial charge in [-0.25, -0.2) is 0 Å². The van der Waals surface area contributed by atoms with E-state index in [1.54, 1.807) is 0 Å². The Bertz CT molecular complexity index is 965. The first-order chi connectivity index (χ1) is 12.1. The minimum Gasteiger partial charge on any atom is -0.480 e. The summed E-state index contributed by atoms with van der Waals surface area (Å²) in [4.78, 5) is 14.1. The second-order valence-electron chi connectivity index (χ2n) is 6.26. The van der Waals surface area contributed by atoms with Crippen LogP contribution < -0.4 is 10.6 Å². The molecule has 4 N–H and O–H groups in total. The van der Waals surface area contributed by atoms with E-state index in [1.165, 1.54) is 16.7 Å². The predicted octanol–water partition coefficient (Wildman–Crippen LogP) is 3.27. The number of hydrogen-bond acceptors (Lipinski definition) is 3. The summed E-state index contributed by atoms with van der Waals surface area (Å²) in [5.74, 6) is -0.852. The number of aliphatic carboxylic acids is 1. The summed E-state index contributed by atoms with van der Waals surface area (Å²) in [5.41, 5.74) is 6.79. The van der Waals surface area contributed by atoms with Crippen LogP contribution in [-0.2, 0) is 24.4 Å². The number of hydrogen-bond donors (Lipinski definition) is 4. The molecule has 0 atom stereocenters. The fourth-order valence-corrected chi connectivity index (χ4v) is 3.62. The molecule has 0 saturated heterocycles. The Morgan fingerprint density at radius 2 is 2.00 bits per heavy atom. The fourth-order valence-electron chi connectivity index (χ4n) is 3.37. The average molecular weight is 356 g/mol. The van der Waals surface area contributed by atoms with Crippen molar-refractivity contribution in [2.45, 2.75) is 19.6 Å². The van der Waals surface area contributed by atoms with Crippen LogP contribution >= 0.6 is 11.6 Å². The molecule has 1 aromatic heterocycles. The lowest BCUT2D eigenvalue weighted by Crippen LogP contribution is -2.21. The zero-order chi connectivity index (χ0) is 17.4. The Hall–Kier alpha value is -2.34. The van der Waals surface area contributed by atoms with Crippen LogP contribution in [0, 0.1) is 0 Å². The van der Waals surface area contributed by atoms with Gasteiger partial charge in [0.1, 0.15) is 0 Å². The molecule has 0 radical (unpaired) electrons. The molecule has 0 fully saturated rings. The number of nitrogens with one attached hydrogen (secondary N) is 3. The van der Waals surface area contributed by atoms with Crippen LogP contribution in [0.15, 0.2) is 36.4 Å². The number of carboxylic acids is 1. The maximum Gasteiger partial charge on any atom is 0.317 e. The molecule has 1 aliphatic heterocycles. The summed E-state index contributed by atoms with van der Waals surface area (Å²) < 4.78 is 0. The Balaban J connectivity index is 1.66. The third-order valence-electron chi connectivity index (χ3n) is 4.56. The molecular formula is C19H18ClN3O2. The number of carbonyl (C=O) groups is 1. The molecule has 1 aliphatic rings. The Morgan fingerprint density at radius 3 is 2.84 bits per heavy atom. The Kier molecular flexibility index (Phi) is 4.21. The highest BCUT2D eigenvalue weighted by Gasteiger charge is 2.19. The number of fused-ring (bicyclic) bond motifs is 2. The van der Waals surface area contributed by atoms with Crippen LogP contribution in [0.1, 0.15) is 16.7 Å². The van der Waals surface area contributed by atoms with Crippen molar-refractivity contribution < 1.29 is 9.90 Å². The van der Waals surface area contributed by atoms with Gasteiger partial charge in [0.05, 0.1) is 6.54 Å². The van der Waals surface area contributed by atoms with Gasteiger partial charge in [0.2, 0.25) is 0 Å². The zero-order valence-corrected chi connectivity index (χ0v) is 14.3. The van der Waals surface area contributed by atoms with E-state index in [0.717, 1.165) is 40.3 Å². The molecule has 0 saturated carbocycles. The maximum absolute atomic E-state index is 10.6. The van der Waals surface area contributed by atoms with Gasteiger partial charge in [0.15, 0.2) is 0 Å². The molecule has 0 unspecified atom stereocenters. The lowest BCUT2D eigenvalue weighted by atomic mass is 10.0. The topological polar surface area (TPSA) is 77.2 Å². The minimum atomic E-state index is -0.852. The van der Waals surface area contributed by atoms with Gasteiger partial charge >= 0.3 is 5.97 Å². The summed E-state index contributed by atoms with van der Waals surface area (Å²) in [6, 6.07) is 12.3. The van der Waals surface area contributed by atoms with Crippen molar-refractivity contribution in [2.75, 3.05) is 6.54 Å². The SMILES string of the molecule is O=C(O)CNCc1ccc2[nH]c(-c3ccc(Cl)c4c3CNC4)cc2c1. The number of benzene rings is 2. The highest BCUT2D eigenvalue weighted by molar-refractivity contribution is 6.31. The van der Waals surface area contributed by atoms with E-state index in [1.807, 2.05) is 18.2 Å². The number of rotatable bonds is 5. The van der Waals surface area contributed by atoms with Crippen LogP contribution in [0.4, 0.5) is 0 Å². The van der Waals surface area contributed by atoms with Crippen LogP contribution in [0.2, 0.25) is 5.02 Å². The summed E-state index contributed by atoms with van der Waals surface area (Å²) in [6.07, 6.45) is 0. The molecule has 0 spiro atoms. The summed E-state index contributed by atoms with van der Waals surface area (Å²) in [6.45, 7) is 2.12. The number of halogens is 1. The molecule has 0 bridgehead atoms. The minimum absolute atomic E-state index is 0.0413. The number of H-pyrrole nitrogens is 1. The van der Waals surface area contributed by atoms with Crippen molar-refractivity contribution in [1.82, 2.24) is 15.6 Å². The quantitative estimate of drug-likeness (QED) is 0.566. The molecule has 4 rings (SSSR count). The highest BCUT2D eigenvalue weighted by Crippen LogP contribution is 2.34. The van der Waals surface area contributed by atoms with E-state index in [4.69, 9.17) is 16.7 Å². The predicted molar refractivity (Wildman–Crippen MR) is 98.6 cm³/mol. The van der Waals surface area contributed by atoms with E-state index in [2.05, 4.69) is 33.8 Å². The van der Waals surface area contributed by atoms with Crippen molar-refractivity contribution in [2.24, 2.45) is 0 Å². The van der Waals surface area contributed by atoms with Crippen molar-refractivity contribution in [1.29, 1.82) is 0 Å². The smallest absolute Gasteiger partial charge is 0.317 e. The molecular weight excluding hydrogens is 338 g/mol. The van der Waals surface area contributed by atoms with E-state index in [-0.39, 0.29) is 6.54 Å². The molecule has 128 valence electrons. The van der Waals surface area contributed by atoms with E-state index >= 15 is 0 Å². The second-order valence-corrected chi connectivity index (χ2v) is 6.66. The van der Waals surface area contributed by atoms with Crippen molar-refractivity contribution in [3.05, 3.63) is 58.1 Å². The largest absolute Gasteiger partial charge is 0.480 e. The maximum atomic E-state index is 10.6. The third kappa shape index (κ3) is 3.14. The van der Waals surface area contributed by atoms with Gasteiger partial charge in [-0.2, -0.15) is 0 Å². The number of aromatic nitrogens is 1. The Morgan fingerprint density at radius 1 is 1.16 bits per heavy atom. The van der Waals surface area contributed by atoms with E-state index in [9.17, 15) is 4.79 Å². The van der Waals surface area contributed by atoms with Crippen LogP contribution in [0.3, 0.4) is 0 Å². The number of carboxylic acid groups (broad SMARTS) is 1. The zero-order valence-electron chi connectivity index (χ0n) is 13.5. The van der Waals surface area contributed by atoms with Crippen molar-refractivity contribution >= 4 is 28.5 Å². The van der Waals surface area contributed by atoms with Gasteiger partial charge in [-0.05, 0) is 41.0 Å². The molecule has 5 nitrogen and oxygen atoms in total. The van der Waals surface area contributed by atoms with Gasteiger partial charge in [0.25, 0.3) is 0 Å². The van der Waals surface area contributed by atoms with Crippen LogP contribution in [0.5, 0.6) is 0 Å². The van der Waals surface area contributed by atoms with Gasteiger partial charge in [-0.1, -0.05) is 23.7 Å². The standard InChI is InChI=1S/C19H18ClN3O2/c20-16-3-2-13(14-8-22-9-15(14)16)18-6-12-5-11(1-4-17(12)23-18)7-21-10-19(24)25/h1-6,21-23H,7-10H2,(H,24,25).